The number of aliphatic carboxylic acids is 1. The molecule has 2 heterocycles. The number of rotatable bonds is 3. The Morgan fingerprint density at radius 3 is 2.71 bits per heavy atom. The van der Waals surface area contributed by atoms with Gasteiger partial charge in [0.2, 0.25) is 5.91 Å². The minimum atomic E-state index is -0.815. The number of carboxylic acids is 1. The van der Waals surface area contributed by atoms with Gasteiger partial charge in [-0.25, -0.2) is 0 Å². The molecule has 3 rings (SSSR count). The van der Waals surface area contributed by atoms with Gasteiger partial charge >= 0.3 is 5.97 Å². The molecule has 1 amide bonds. The molecular formula is C16H20N2O3. The molecule has 2 aliphatic heterocycles. The third kappa shape index (κ3) is 2.93. The van der Waals surface area contributed by atoms with Gasteiger partial charge in [-0.2, -0.15) is 0 Å². The van der Waals surface area contributed by atoms with Gasteiger partial charge in [-0.05, 0) is 36.9 Å². The van der Waals surface area contributed by atoms with Crippen LogP contribution >= 0.6 is 0 Å². The van der Waals surface area contributed by atoms with Crippen molar-refractivity contribution in [3.05, 3.63) is 35.4 Å². The first-order valence-corrected chi connectivity index (χ1v) is 7.46. The van der Waals surface area contributed by atoms with E-state index in [9.17, 15) is 14.7 Å². The molecule has 112 valence electrons. The van der Waals surface area contributed by atoms with Crippen molar-refractivity contribution in [2.24, 2.45) is 0 Å². The summed E-state index contributed by atoms with van der Waals surface area (Å²) >= 11 is 0. The number of likely N-dealkylation sites (tertiary alicyclic amines) is 1. The molecule has 0 spiro atoms. The highest BCUT2D eigenvalue weighted by atomic mass is 16.4. The predicted molar refractivity (Wildman–Crippen MR) is 77.8 cm³/mol. The van der Waals surface area contributed by atoms with Gasteiger partial charge in [0.15, 0.2) is 0 Å². The van der Waals surface area contributed by atoms with Crippen molar-refractivity contribution in [1.29, 1.82) is 0 Å². The molecule has 5 nitrogen and oxygen atoms in total. The van der Waals surface area contributed by atoms with Gasteiger partial charge in [-0.1, -0.05) is 24.3 Å². The number of amides is 1. The van der Waals surface area contributed by atoms with Crippen molar-refractivity contribution >= 4 is 11.9 Å². The van der Waals surface area contributed by atoms with Crippen LogP contribution in [0.3, 0.4) is 0 Å². The first-order chi connectivity index (χ1) is 10.1. The second-order valence-corrected chi connectivity index (χ2v) is 5.80. The first-order valence-electron chi connectivity index (χ1n) is 7.46. The minimum Gasteiger partial charge on any atom is -0.480 e. The number of hydrogen-bond acceptors (Lipinski definition) is 3. The zero-order valence-electron chi connectivity index (χ0n) is 12.0. The van der Waals surface area contributed by atoms with Gasteiger partial charge in [-0.3, -0.25) is 14.5 Å². The maximum absolute atomic E-state index is 12.4. The molecule has 21 heavy (non-hydrogen) atoms. The van der Waals surface area contributed by atoms with E-state index in [4.69, 9.17) is 0 Å². The van der Waals surface area contributed by atoms with Crippen LogP contribution in [0.4, 0.5) is 0 Å². The van der Waals surface area contributed by atoms with E-state index in [0.29, 0.717) is 19.5 Å². The van der Waals surface area contributed by atoms with Crippen molar-refractivity contribution in [3.8, 4) is 0 Å². The Hall–Kier alpha value is -1.88. The molecule has 2 aliphatic rings. The lowest BCUT2D eigenvalue weighted by Gasteiger charge is -2.31. The van der Waals surface area contributed by atoms with Crippen molar-refractivity contribution in [2.75, 3.05) is 19.6 Å². The summed E-state index contributed by atoms with van der Waals surface area (Å²) < 4.78 is 0. The molecule has 5 heteroatoms. The number of carboxylic acid groups (broad SMARTS) is 1. The average Bonchev–Trinajstić information content (AvgIpc) is 2.95. The summed E-state index contributed by atoms with van der Waals surface area (Å²) in [6, 6.07) is 7.69. The van der Waals surface area contributed by atoms with Crippen LogP contribution in [0.5, 0.6) is 0 Å². The van der Waals surface area contributed by atoms with Crippen LogP contribution in [-0.2, 0) is 22.6 Å². The van der Waals surface area contributed by atoms with E-state index in [1.807, 2.05) is 17.0 Å². The van der Waals surface area contributed by atoms with Crippen LogP contribution in [0.15, 0.2) is 24.3 Å². The van der Waals surface area contributed by atoms with Crippen LogP contribution in [0.2, 0.25) is 0 Å². The first kappa shape index (κ1) is 14.1. The van der Waals surface area contributed by atoms with E-state index in [2.05, 4.69) is 12.1 Å². The van der Waals surface area contributed by atoms with Crippen LogP contribution in [0, 0.1) is 0 Å². The lowest BCUT2D eigenvalue weighted by molar-refractivity contribution is -0.143. The summed E-state index contributed by atoms with van der Waals surface area (Å²) in [5, 5.41) is 9.17. The maximum Gasteiger partial charge on any atom is 0.320 e. The zero-order chi connectivity index (χ0) is 14.8. The Morgan fingerprint density at radius 1 is 1.19 bits per heavy atom. The van der Waals surface area contributed by atoms with Crippen LogP contribution in [-0.4, -0.2) is 52.5 Å². The lowest BCUT2D eigenvalue weighted by Crippen LogP contribution is -2.45. The highest BCUT2D eigenvalue weighted by Gasteiger charge is 2.33. The van der Waals surface area contributed by atoms with E-state index in [-0.39, 0.29) is 12.5 Å². The smallest absolute Gasteiger partial charge is 0.320 e. The van der Waals surface area contributed by atoms with E-state index >= 15 is 0 Å². The Kier molecular flexibility index (Phi) is 3.92. The molecule has 1 aromatic rings. The molecule has 0 unspecified atom stereocenters. The van der Waals surface area contributed by atoms with E-state index in [1.54, 1.807) is 4.90 Å². The molecule has 0 aliphatic carbocycles. The molecule has 1 aromatic carbocycles. The highest BCUT2D eigenvalue weighted by Crippen LogP contribution is 2.21. The summed E-state index contributed by atoms with van der Waals surface area (Å²) in [7, 11) is 0. The van der Waals surface area contributed by atoms with Gasteiger partial charge in [0.1, 0.15) is 6.04 Å². The third-order valence-corrected chi connectivity index (χ3v) is 4.47. The van der Waals surface area contributed by atoms with Gasteiger partial charge < -0.3 is 10.0 Å². The number of benzene rings is 1. The molecule has 1 fully saturated rings. The maximum atomic E-state index is 12.4. The fraction of sp³-hybridized carbons (Fsp3) is 0.500. The quantitative estimate of drug-likeness (QED) is 0.905. The number of carbonyl (C=O) groups excluding carboxylic acids is 1. The van der Waals surface area contributed by atoms with Crippen LogP contribution < -0.4 is 0 Å². The topological polar surface area (TPSA) is 60.9 Å². The van der Waals surface area contributed by atoms with Gasteiger partial charge in [0.25, 0.3) is 0 Å². The summed E-state index contributed by atoms with van der Waals surface area (Å²) in [6.07, 6.45) is 2.38. The van der Waals surface area contributed by atoms with Gasteiger partial charge in [-0.15, -0.1) is 0 Å². The summed E-state index contributed by atoms with van der Waals surface area (Å²) in [5.41, 5.74) is 2.51. The Labute approximate surface area is 124 Å². The number of nitrogens with zero attached hydrogens (tertiary/aromatic N) is 2. The molecule has 0 aromatic heterocycles. The zero-order valence-corrected chi connectivity index (χ0v) is 12.0. The van der Waals surface area contributed by atoms with Crippen molar-refractivity contribution in [2.45, 2.75) is 31.8 Å². The average molecular weight is 288 g/mol. The molecule has 0 bridgehead atoms. The molecule has 1 atom stereocenters. The highest BCUT2D eigenvalue weighted by molar-refractivity contribution is 5.80. The summed E-state index contributed by atoms with van der Waals surface area (Å²) in [6.45, 7) is 2.29. The van der Waals surface area contributed by atoms with E-state index in [0.717, 1.165) is 19.4 Å². The Morgan fingerprint density at radius 2 is 1.95 bits per heavy atom. The van der Waals surface area contributed by atoms with Crippen molar-refractivity contribution < 1.29 is 14.7 Å². The molecule has 0 saturated carbocycles. The summed E-state index contributed by atoms with van der Waals surface area (Å²) in [5.74, 6) is -0.776. The molecule has 1 N–H and O–H groups in total. The fourth-order valence-electron chi connectivity index (χ4n) is 3.28. The third-order valence-electron chi connectivity index (χ3n) is 4.47. The normalized spacial score (nSPS) is 22.1. The number of fused-ring (bicyclic) bond motifs is 1. The Bertz CT molecular complexity index is 558. The van der Waals surface area contributed by atoms with Gasteiger partial charge in [0, 0.05) is 13.1 Å². The Balaban J connectivity index is 1.63. The fourth-order valence-corrected chi connectivity index (χ4v) is 3.28. The van der Waals surface area contributed by atoms with E-state index < -0.39 is 12.0 Å². The lowest BCUT2D eigenvalue weighted by atomic mass is 10.00. The second-order valence-electron chi connectivity index (χ2n) is 5.80. The molecular weight excluding hydrogens is 268 g/mol. The van der Waals surface area contributed by atoms with Gasteiger partial charge in [0.05, 0.1) is 6.54 Å². The summed E-state index contributed by atoms with van der Waals surface area (Å²) in [4.78, 5) is 27.2. The van der Waals surface area contributed by atoms with Crippen LogP contribution in [0.25, 0.3) is 0 Å². The molecule has 1 saturated heterocycles. The minimum absolute atomic E-state index is 0.0395. The largest absolute Gasteiger partial charge is 0.480 e. The molecule has 0 radical (unpaired) electrons. The standard InChI is InChI=1S/C16H20N2O3/c19-15(11-17-8-3-6-14(17)16(20)21)18-9-7-12-4-1-2-5-13(12)10-18/h1-2,4-5,14H,3,6-11H2,(H,20,21)/t14-/m1/s1. The predicted octanol–water partition coefficient (Wildman–Crippen LogP) is 1.12. The van der Waals surface area contributed by atoms with Crippen molar-refractivity contribution in [1.82, 2.24) is 9.80 Å². The number of hydrogen-bond donors (Lipinski definition) is 1. The number of carbonyl (C=O) groups is 2. The SMILES string of the molecule is O=C(O)[C@H]1CCCN1CC(=O)N1CCc2ccccc2C1. The monoisotopic (exact) mass is 288 g/mol. The van der Waals surface area contributed by atoms with Crippen LogP contribution in [0.1, 0.15) is 24.0 Å². The van der Waals surface area contributed by atoms with E-state index in [1.165, 1.54) is 11.1 Å². The second kappa shape index (κ2) is 5.85. The van der Waals surface area contributed by atoms with Crippen molar-refractivity contribution in [3.63, 3.8) is 0 Å².